The SMILES string of the molecule is Cn1ncc(NC(=O)c2nc(-c3c(F)cccc3F)sc2NC(=O)OC(C)(C)C)c1N1CCC(F)C(C(=O)OC(C)(C)C)CC1N. The molecule has 3 aromatic rings. The molecule has 1 fully saturated rings. The lowest BCUT2D eigenvalue weighted by atomic mass is 9.97. The van der Waals surface area contributed by atoms with Crippen molar-refractivity contribution >= 4 is 45.8 Å². The third-order valence-corrected chi connectivity index (χ3v) is 7.74. The van der Waals surface area contributed by atoms with Gasteiger partial charge in [-0.25, -0.2) is 22.9 Å². The van der Waals surface area contributed by atoms with E-state index in [0.717, 1.165) is 12.1 Å². The van der Waals surface area contributed by atoms with Crippen LogP contribution in [0.2, 0.25) is 0 Å². The van der Waals surface area contributed by atoms with E-state index in [1.54, 1.807) is 53.5 Å². The van der Waals surface area contributed by atoms with E-state index in [4.69, 9.17) is 15.2 Å². The van der Waals surface area contributed by atoms with Gasteiger partial charge < -0.3 is 25.4 Å². The minimum Gasteiger partial charge on any atom is -0.460 e. The van der Waals surface area contributed by atoms with Gasteiger partial charge in [0.05, 0.1) is 23.8 Å². The maximum Gasteiger partial charge on any atom is 0.412 e. The van der Waals surface area contributed by atoms with E-state index < -0.39 is 64.6 Å². The predicted molar refractivity (Wildman–Crippen MR) is 167 cm³/mol. The number of benzene rings is 1. The molecule has 0 saturated carbocycles. The normalized spacial score (nSPS) is 18.9. The van der Waals surface area contributed by atoms with Crippen molar-refractivity contribution < 1.29 is 37.0 Å². The van der Waals surface area contributed by atoms with Crippen LogP contribution in [0.3, 0.4) is 0 Å². The van der Waals surface area contributed by atoms with Gasteiger partial charge in [-0.1, -0.05) is 17.4 Å². The number of nitrogens with zero attached hydrogens (tertiary/aromatic N) is 4. The van der Waals surface area contributed by atoms with E-state index in [1.807, 2.05) is 0 Å². The van der Waals surface area contributed by atoms with Crippen molar-refractivity contribution in [1.29, 1.82) is 0 Å². The monoisotopic (exact) mass is 665 g/mol. The first-order chi connectivity index (χ1) is 21.3. The topological polar surface area (TPSA) is 154 Å². The summed E-state index contributed by atoms with van der Waals surface area (Å²) in [7, 11) is 1.60. The van der Waals surface area contributed by atoms with Crippen LogP contribution in [0.1, 0.15) is 64.9 Å². The van der Waals surface area contributed by atoms with Gasteiger partial charge in [-0.15, -0.1) is 0 Å². The zero-order valence-electron chi connectivity index (χ0n) is 26.6. The first-order valence-corrected chi connectivity index (χ1v) is 15.3. The van der Waals surface area contributed by atoms with Gasteiger partial charge >= 0.3 is 12.1 Å². The van der Waals surface area contributed by atoms with Gasteiger partial charge in [0.25, 0.3) is 5.91 Å². The zero-order chi connectivity index (χ0) is 34.1. The molecule has 0 bridgehead atoms. The summed E-state index contributed by atoms with van der Waals surface area (Å²) in [6.45, 7) is 10.1. The molecule has 3 atom stereocenters. The summed E-state index contributed by atoms with van der Waals surface area (Å²) in [6.07, 6.45) is -2.07. The number of nitrogens with two attached hydrogens (primary N) is 1. The fourth-order valence-corrected chi connectivity index (χ4v) is 5.85. The van der Waals surface area contributed by atoms with Crippen molar-refractivity contribution in [2.24, 2.45) is 18.7 Å². The third-order valence-electron chi connectivity index (χ3n) is 6.75. The number of thiazole rings is 1. The number of nitrogens with one attached hydrogen (secondary N) is 2. The molecule has 4 N–H and O–H groups in total. The quantitative estimate of drug-likeness (QED) is 0.286. The number of anilines is 3. The van der Waals surface area contributed by atoms with E-state index in [9.17, 15) is 23.2 Å². The summed E-state index contributed by atoms with van der Waals surface area (Å²) < 4.78 is 56.7. The van der Waals surface area contributed by atoms with E-state index >= 15 is 4.39 Å². The summed E-state index contributed by atoms with van der Waals surface area (Å²) in [5.74, 6) is -4.14. The number of carbonyl (C=O) groups is 3. The summed E-state index contributed by atoms with van der Waals surface area (Å²) >= 11 is 0.681. The van der Waals surface area contributed by atoms with Gasteiger partial charge in [0, 0.05) is 13.6 Å². The lowest BCUT2D eigenvalue weighted by Gasteiger charge is -2.30. The second kappa shape index (κ2) is 13.3. The number of hydrogen-bond acceptors (Lipinski definition) is 10. The molecule has 2 aromatic heterocycles. The molecule has 12 nitrogen and oxygen atoms in total. The summed E-state index contributed by atoms with van der Waals surface area (Å²) in [5, 5.41) is 9.03. The Kier molecular flexibility index (Phi) is 10.0. The van der Waals surface area contributed by atoms with Gasteiger partial charge in [0.15, 0.2) is 11.5 Å². The van der Waals surface area contributed by atoms with Crippen molar-refractivity contribution in [2.75, 3.05) is 22.1 Å². The van der Waals surface area contributed by atoms with Crippen LogP contribution in [-0.4, -0.2) is 62.8 Å². The Morgan fingerprint density at radius 1 is 1.04 bits per heavy atom. The van der Waals surface area contributed by atoms with Crippen LogP contribution in [0.4, 0.5) is 34.5 Å². The molecule has 0 radical (unpaired) electrons. The number of hydrogen-bond donors (Lipinski definition) is 3. The molecule has 3 unspecified atom stereocenters. The van der Waals surface area contributed by atoms with Crippen LogP contribution in [0.15, 0.2) is 24.4 Å². The molecule has 46 heavy (non-hydrogen) atoms. The lowest BCUT2D eigenvalue weighted by Crippen LogP contribution is -2.44. The largest absolute Gasteiger partial charge is 0.460 e. The zero-order valence-corrected chi connectivity index (χ0v) is 27.4. The first-order valence-electron chi connectivity index (χ1n) is 14.5. The molecular formula is C30H38F3N7O5S. The number of esters is 1. The summed E-state index contributed by atoms with van der Waals surface area (Å²) in [6, 6.07) is 3.28. The van der Waals surface area contributed by atoms with Crippen LogP contribution in [0, 0.1) is 17.6 Å². The molecule has 16 heteroatoms. The van der Waals surface area contributed by atoms with E-state index in [1.165, 1.54) is 16.9 Å². The molecule has 250 valence electrons. The van der Waals surface area contributed by atoms with Crippen molar-refractivity contribution in [2.45, 2.75) is 77.9 Å². The highest BCUT2D eigenvalue weighted by atomic mass is 32.1. The molecule has 3 heterocycles. The van der Waals surface area contributed by atoms with Gasteiger partial charge in [0.1, 0.15) is 44.7 Å². The van der Waals surface area contributed by atoms with Crippen molar-refractivity contribution in [3.05, 3.63) is 41.7 Å². The molecule has 2 amide bonds. The van der Waals surface area contributed by atoms with Gasteiger partial charge in [0.2, 0.25) is 0 Å². The van der Waals surface area contributed by atoms with Crippen LogP contribution in [0.5, 0.6) is 0 Å². The molecule has 0 spiro atoms. The lowest BCUT2D eigenvalue weighted by molar-refractivity contribution is -0.162. The van der Waals surface area contributed by atoms with Crippen molar-refractivity contribution in [3.8, 4) is 10.6 Å². The average Bonchev–Trinajstić information content (AvgIpc) is 3.43. The fourth-order valence-electron chi connectivity index (χ4n) is 4.85. The Balaban J connectivity index is 1.65. The standard InChI is InChI=1S/C30H38F3N7O5S/c1-29(2,3)44-27(42)15-13-20(34)40(12-11-16(15)31)26-19(14-35-39(26)7)36-23(41)22-25(38-28(43)45-30(4,5)6)46-24(37-22)21-17(32)9-8-10-18(21)33/h8-10,14-16,20H,11-13,34H2,1-7H3,(H,36,41)(H,38,43). The Morgan fingerprint density at radius 2 is 1.67 bits per heavy atom. The number of alkyl halides is 1. The average molecular weight is 666 g/mol. The minimum absolute atomic E-state index is 0.0518. The Labute approximate surface area is 268 Å². The number of carbonyl (C=O) groups excluding carboxylic acids is 3. The number of ether oxygens (including phenoxy) is 2. The molecule has 4 rings (SSSR count). The smallest absolute Gasteiger partial charge is 0.412 e. The summed E-state index contributed by atoms with van der Waals surface area (Å²) in [4.78, 5) is 44.9. The number of halogens is 3. The second-order valence-electron chi connectivity index (χ2n) is 12.8. The van der Waals surface area contributed by atoms with Crippen LogP contribution >= 0.6 is 11.3 Å². The highest BCUT2D eigenvalue weighted by Gasteiger charge is 2.39. The van der Waals surface area contributed by atoms with Gasteiger partial charge in [-0.3, -0.25) is 19.6 Å². The maximum absolute atomic E-state index is 15.2. The fraction of sp³-hybridized carbons (Fsp3) is 0.500. The first kappa shape index (κ1) is 34.7. The predicted octanol–water partition coefficient (Wildman–Crippen LogP) is 5.60. The van der Waals surface area contributed by atoms with Gasteiger partial charge in [-0.05, 0) is 66.5 Å². The molecular weight excluding hydrogens is 627 g/mol. The highest BCUT2D eigenvalue weighted by Crippen LogP contribution is 2.37. The minimum atomic E-state index is -1.52. The maximum atomic E-state index is 15.2. The Morgan fingerprint density at radius 3 is 2.28 bits per heavy atom. The molecule has 1 aromatic carbocycles. The van der Waals surface area contributed by atoms with E-state index in [-0.39, 0.29) is 40.8 Å². The van der Waals surface area contributed by atoms with Crippen molar-refractivity contribution in [1.82, 2.24) is 14.8 Å². The number of aromatic nitrogens is 3. The summed E-state index contributed by atoms with van der Waals surface area (Å²) in [5.41, 5.74) is 4.13. The molecule has 0 aliphatic carbocycles. The van der Waals surface area contributed by atoms with Crippen LogP contribution < -0.4 is 21.3 Å². The third kappa shape index (κ3) is 8.15. The van der Waals surface area contributed by atoms with Gasteiger partial charge in [-0.2, -0.15) is 5.10 Å². The van der Waals surface area contributed by atoms with E-state index in [0.29, 0.717) is 17.2 Å². The highest BCUT2D eigenvalue weighted by molar-refractivity contribution is 7.19. The molecule has 1 aliphatic rings. The number of aryl methyl sites for hydroxylation is 1. The second-order valence-corrected chi connectivity index (χ2v) is 13.8. The van der Waals surface area contributed by atoms with Crippen molar-refractivity contribution in [3.63, 3.8) is 0 Å². The molecule has 1 aliphatic heterocycles. The van der Waals surface area contributed by atoms with Crippen LogP contribution in [-0.2, 0) is 21.3 Å². The Hall–Kier alpha value is -4.18. The molecule has 1 saturated heterocycles. The van der Waals surface area contributed by atoms with Crippen LogP contribution in [0.25, 0.3) is 10.6 Å². The number of amides is 2. The Bertz CT molecular complexity index is 1590. The van der Waals surface area contributed by atoms with E-state index in [2.05, 4.69) is 20.7 Å². The number of rotatable bonds is 6.